The lowest BCUT2D eigenvalue weighted by molar-refractivity contribution is -0.141. The number of thiophene rings is 1. The summed E-state index contributed by atoms with van der Waals surface area (Å²) in [6.45, 7) is -0.178. The Bertz CT molecular complexity index is 1060. The first-order valence-electron chi connectivity index (χ1n) is 9.93. The molecule has 1 aliphatic heterocycles. The molecule has 1 fully saturated rings. The van der Waals surface area contributed by atoms with Gasteiger partial charge in [-0.05, 0) is 34.0 Å². The molecule has 0 spiro atoms. The van der Waals surface area contributed by atoms with E-state index in [1.807, 2.05) is 36.4 Å². The van der Waals surface area contributed by atoms with Gasteiger partial charge in [-0.2, -0.15) is 0 Å². The van der Waals surface area contributed by atoms with E-state index in [4.69, 9.17) is 4.74 Å². The third kappa shape index (κ3) is 5.13. The predicted molar refractivity (Wildman–Crippen MR) is 122 cm³/mol. The molecule has 5 N–H and O–H groups in total. The minimum absolute atomic E-state index is 0.0890. The molecular formula is C21H22BrN3O6S. The topological polar surface area (TPSA) is 135 Å². The van der Waals surface area contributed by atoms with E-state index in [0.29, 0.717) is 0 Å². The van der Waals surface area contributed by atoms with Gasteiger partial charge in [0.1, 0.15) is 4.83 Å². The van der Waals surface area contributed by atoms with Crippen LogP contribution in [0.3, 0.4) is 0 Å². The summed E-state index contributed by atoms with van der Waals surface area (Å²) >= 11 is 4.85. The van der Waals surface area contributed by atoms with Crippen molar-refractivity contribution in [2.24, 2.45) is 0 Å². The Morgan fingerprint density at radius 3 is 2.56 bits per heavy atom. The number of carbonyl (C=O) groups excluding carboxylic acids is 2. The molecule has 3 aromatic rings. The van der Waals surface area contributed by atoms with Crippen LogP contribution in [0.1, 0.15) is 5.56 Å². The number of carbonyl (C=O) groups is 2. The lowest BCUT2D eigenvalue weighted by atomic mass is 10.0. The van der Waals surface area contributed by atoms with Crippen LogP contribution in [-0.4, -0.2) is 74.6 Å². The second kappa shape index (κ2) is 9.59. The number of halogens is 1. The number of H-pyrrole nitrogens is 1. The lowest BCUT2D eigenvalue weighted by Crippen LogP contribution is -2.53. The summed E-state index contributed by atoms with van der Waals surface area (Å²) in [5.74, 6) is -0.451. The van der Waals surface area contributed by atoms with Crippen molar-refractivity contribution in [3.63, 3.8) is 0 Å². The second-order valence-electron chi connectivity index (χ2n) is 7.62. The van der Waals surface area contributed by atoms with E-state index in [0.717, 1.165) is 19.6 Å². The summed E-state index contributed by atoms with van der Waals surface area (Å²) in [7, 11) is 0. The molecule has 11 heteroatoms. The number of aromatic nitrogens is 1. The van der Waals surface area contributed by atoms with Crippen LogP contribution in [0.2, 0.25) is 0 Å². The first kappa shape index (κ1) is 22.7. The van der Waals surface area contributed by atoms with E-state index < -0.39 is 36.4 Å². The van der Waals surface area contributed by atoms with E-state index in [2.05, 4.69) is 26.2 Å². The molecule has 32 heavy (non-hydrogen) atoms. The van der Waals surface area contributed by atoms with Gasteiger partial charge < -0.3 is 35.3 Å². The average molecular weight is 524 g/mol. The summed E-state index contributed by atoms with van der Waals surface area (Å²) in [4.78, 5) is 30.3. The highest BCUT2D eigenvalue weighted by Crippen LogP contribution is 2.32. The van der Waals surface area contributed by atoms with Crippen LogP contribution in [-0.2, 0) is 11.2 Å². The quantitative estimate of drug-likeness (QED) is 0.333. The zero-order valence-electron chi connectivity index (χ0n) is 16.8. The number of aromatic amines is 1. The second-order valence-corrected chi connectivity index (χ2v) is 10.1. The summed E-state index contributed by atoms with van der Waals surface area (Å²) < 4.78 is 6.27. The first-order chi connectivity index (χ1) is 15.3. The number of hydrogen-bond acceptors (Lipinski definition) is 7. The highest BCUT2D eigenvalue weighted by Gasteiger charge is 2.38. The number of nitrogens with one attached hydrogen (secondary N) is 2. The number of ether oxygens (including phenoxy) is 1. The Labute approximate surface area is 195 Å². The van der Waals surface area contributed by atoms with E-state index in [1.54, 1.807) is 6.07 Å². The average Bonchev–Trinajstić information content (AvgIpc) is 3.39. The Morgan fingerprint density at radius 2 is 1.91 bits per heavy atom. The SMILES string of the molecule is O=C(N[C@@H](Cc1ccccc1)[C@@H](O)C(=O)N1C[C@@H](O)[C@@H](O)C1)Oc1cc2cc(Br)sc2[nH]1. The number of benzene rings is 1. The minimum Gasteiger partial charge on any atom is -0.393 e. The third-order valence-corrected chi connectivity index (χ3v) is 6.83. The van der Waals surface area contributed by atoms with Crippen LogP contribution < -0.4 is 10.1 Å². The van der Waals surface area contributed by atoms with Gasteiger partial charge >= 0.3 is 6.09 Å². The van der Waals surface area contributed by atoms with Gasteiger partial charge in [0, 0.05) is 24.5 Å². The summed E-state index contributed by atoms with van der Waals surface area (Å²) in [6.07, 6.45) is -4.39. The Hall–Kier alpha value is -2.44. The number of aliphatic hydroxyl groups is 3. The zero-order valence-corrected chi connectivity index (χ0v) is 19.2. The molecule has 0 saturated carbocycles. The van der Waals surface area contributed by atoms with Crippen molar-refractivity contribution >= 4 is 49.5 Å². The fourth-order valence-corrected chi connectivity index (χ4v) is 5.12. The minimum atomic E-state index is -1.59. The fourth-order valence-electron chi connectivity index (χ4n) is 3.62. The molecule has 0 aliphatic carbocycles. The van der Waals surface area contributed by atoms with Crippen LogP contribution >= 0.6 is 27.3 Å². The van der Waals surface area contributed by atoms with Gasteiger partial charge in [0.25, 0.3) is 5.91 Å². The Balaban J connectivity index is 1.47. The number of aliphatic hydroxyl groups excluding tert-OH is 3. The van der Waals surface area contributed by atoms with Crippen LogP contribution in [0.5, 0.6) is 5.88 Å². The molecule has 4 atom stereocenters. The molecule has 0 bridgehead atoms. The number of rotatable bonds is 6. The lowest BCUT2D eigenvalue weighted by Gasteiger charge is -2.26. The van der Waals surface area contributed by atoms with Gasteiger partial charge in [-0.3, -0.25) is 4.79 Å². The highest BCUT2D eigenvalue weighted by molar-refractivity contribution is 9.11. The Morgan fingerprint density at radius 1 is 1.22 bits per heavy atom. The van der Waals surface area contributed by atoms with Gasteiger partial charge in [0.2, 0.25) is 5.88 Å². The van der Waals surface area contributed by atoms with Crippen LogP contribution in [0.25, 0.3) is 10.2 Å². The molecular weight excluding hydrogens is 502 g/mol. The van der Waals surface area contributed by atoms with E-state index in [1.165, 1.54) is 16.2 Å². The molecule has 4 rings (SSSR count). The number of β-amino-alcohol motifs (C(OH)–C–C–N with tert-alkyl or cyclic N) is 2. The van der Waals surface area contributed by atoms with Crippen LogP contribution in [0, 0.1) is 0 Å². The van der Waals surface area contributed by atoms with Gasteiger partial charge in [-0.1, -0.05) is 30.3 Å². The van der Waals surface area contributed by atoms with Crippen LogP contribution in [0.15, 0.2) is 46.3 Å². The zero-order chi connectivity index (χ0) is 22.8. The molecule has 3 heterocycles. The van der Waals surface area contributed by atoms with Gasteiger partial charge in [-0.25, -0.2) is 4.79 Å². The number of hydrogen-bond donors (Lipinski definition) is 5. The molecule has 2 amide bonds. The van der Waals surface area contributed by atoms with Crippen molar-refractivity contribution in [1.29, 1.82) is 0 Å². The third-order valence-electron chi connectivity index (χ3n) is 5.26. The maximum Gasteiger partial charge on any atom is 0.414 e. The van der Waals surface area contributed by atoms with Crippen LogP contribution in [0.4, 0.5) is 4.79 Å². The smallest absolute Gasteiger partial charge is 0.393 e. The first-order valence-corrected chi connectivity index (χ1v) is 11.5. The largest absolute Gasteiger partial charge is 0.414 e. The number of amides is 2. The van der Waals surface area contributed by atoms with E-state index in [-0.39, 0.29) is 25.4 Å². The summed E-state index contributed by atoms with van der Waals surface area (Å²) in [5, 5.41) is 33.7. The summed E-state index contributed by atoms with van der Waals surface area (Å²) in [5.41, 5.74) is 0.802. The highest BCUT2D eigenvalue weighted by atomic mass is 79.9. The van der Waals surface area contributed by atoms with Gasteiger partial charge in [0.15, 0.2) is 6.10 Å². The van der Waals surface area contributed by atoms with Crippen molar-refractivity contribution in [3.05, 3.63) is 51.8 Å². The predicted octanol–water partition coefficient (Wildman–Crippen LogP) is 1.62. The maximum atomic E-state index is 12.8. The van der Waals surface area contributed by atoms with Gasteiger partial charge in [-0.15, -0.1) is 11.3 Å². The van der Waals surface area contributed by atoms with E-state index in [9.17, 15) is 24.9 Å². The normalized spacial score (nSPS) is 20.3. The number of fused-ring (bicyclic) bond motifs is 1. The number of likely N-dealkylation sites (tertiary alicyclic amines) is 1. The molecule has 1 saturated heterocycles. The molecule has 0 unspecified atom stereocenters. The standard InChI is InChI=1S/C21H22BrN3O6S/c22-16-7-12-8-17(24-19(12)32-16)31-21(30)23-13(6-11-4-2-1-3-5-11)18(28)20(29)25-9-14(26)15(27)10-25/h1-5,7-8,13-15,18,24,26-28H,6,9-10H2,(H,23,30)/t13-,14-,15+,18+/m0/s1. The van der Waals surface area contributed by atoms with Crippen molar-refractivity contribution in [1.82, 2.24) is 15.2 Å². The Kier molecular flexibility index (Phi) is 6.82. The molecule has 0 radical (unpaired) electrons. The molecule has 2 aromatic heterocycles. The molecule has 1 aromatic carbocycles. The summed E-state index contributed by atoms with van der Waals surface area (Å²) in [6, 6.07) is 11.7. The maximum absolute atomic E-state index is 12.8. The van der Waals surface area contributed by atoms with Crippen molar-refractivity contribution in [2.45, 2.75) is 30.8 Å². The van der Waals surface area contributed by atoms with Crippen molar-refractivity contribution < 1.29 is 29.6 Å². The monoisotopic (exact) mass is 523 g/mol. The number of nitrogens with zero attached hydrogens (tertiary/aromatic N) is 1. The molecule has 9 nitrogen and oxygen atoms in total. The van der Waals surface area contributed by atoms with E-state index >= 15 is 0 Å². The van der Waals surface area contributed by atoms with Crippen molar-refractivity contribution in [2.75, 3.05) is 13.1 Å². The fraction of sp³-hybridized carbons (Fsp3) is 0.333. The molecule has 170 valence electrons. The van der Waals surface area contributed by atoms with Gasteiger partial charge in [0.05, 0.1) is 22.0 Å². The molecule has 1 aliphatic rings. The van der Waals surface area contributed by atoms with Crippen molar-refractivity contribution in [3.8, 4) is 5.88 Å².